The molecule has 0 aliphatic rings. The van der Waals surface area contributed by atoms with Crippen molar-refractivity contribution in [1.29, 1.82) is 5.39 Å². The van der Waals surface area contributed by atoms with Gasteiger partial charge in [-0.1, -0.05) is 23.2 Å². The average Bonchev–Trinajstić information content (AvgIpc) is 2.59. The summed E-state index contributed by atoms with van der Waals surface area (Å²) < 4.78 is 10.2. The summed E-state index contributed by atoms with van der Waals surface area (Å²) in [5.74, 6) is 0.490. The molecule has 0 unspecified atom stereocenters. The van der Waals surface area contributed by atoms with Gasteiger partial charge < -0.3 is 59.1 Å². The quantitative estimate of drug-likeness (QED) is 0.113. The van der Waals surface area contributed by atoms with Gasteiger partial charge in [0.25, 0.3) is 5.69 Å². The normalized spacial score (nSPS) is 8.77. The minimum Gasteiger partial charge on any atom is -1.00 e. The summed E-state index contributed by atoms with van der Waals surface area (Å²) in [6.45, 7) is 0. The molecule has 0 radical (unpaired) electrons. The fourth-order valence-electron chi connectivity index (χ4n) is 1.88. The maximum absolute atomic E-state index is 10.8. The van der Waals surface area contributed by atoms with Gasteiger partial charge in [0.1, 0.15) is 11.4 Å². The first-order valence-corrected chi connectivity index (χ1v) is 7.33. The summed E-state index contributed by atoms with van der Waals surface area (Å²) >= 11 is 12.0. The van der Waals surface area contributed by atoms with Crippen molar-refractivity contribution in [1.82, 2.24) is 0 Å². The zero-order valence-corrected chi connectivity index (χ0v) is 22.7. The molecule has 0 saturated carbocycles. The standard InChI is InChI=1S/C14H10Cl2N5O4.4ClH.Zn/c1-24-12-6-11(13(25-2)5-10(12)18-17)19-20-14-8(15)3-7(21(22)23)4-9(14)16;;;;;/h3-6H,1-2H3;4*1H;/q+1;;;;;+2/p-4. The van der Waals surface area contributed by atoms with Crippen LogP contribution in [0.1, 0.15) is 0 Å². The number of rotatable bonds is 5. The second-order valence-electron chi connectivity index (χ2n) is 4.51. The van der Waals surface area contributed by atoms with Gasteiger partial charge in [-0.2, -0.15) is 0 Å². The SMILES string of the molecule is COc1cc([N+]#N)c(OC)cc1N=Nc1c(Cl)cc([N+](=O)[O-])cc1Cl.[Cl-].[Cl-].[Cl-].[Cl-].[Zn+2]. The van der Waals surface area contributed by atoms with Gasteiger partial charge in [-0.15, -0.1) is 10.2 Å². The number of methoxy groups -OCH3 is 2. The van der Waals surface area contributed by atoms with Crippen molar-refractivity contribution in [3.63, 3.8) is 0 Å². The summed E-state index contributed by atoms with van der Waals surface area (Å²) in [4.78, 5) is 13.2. The van der Waals surface area contributed by atoms with Crippen molar-refractivity contribution < 1.29 is 83.5 Å². The second kappa shape index (κ2) is 16.5. The Kier molecular flexibility index (Phi) is 19.9. The van der Waals surface area contributed by atoms with Gasteiger partial charge in [-0.25, -0.2) is 0 Å². The van der Waals surface area contributed by atoms with E-state index < -0.39 is 4.92 Å². The minimum absolute atomic E-state index is 0. The molecule has 160 valence electrons. The molecule has 0 saturated heterocycles. The minimum atomic E-state index is -0.621. The molecular weight excluding hydrogens is 580 g/mol. The zero-order valence-electron chi connectivity index (χ0n) is 15.2. The van der Waals surface area contributed by atoms with E-state index in [9.17, 15) is 10.1 Å². The van der Waals surface area contributed by atoms with E-state index in [-0.39, 0.29) is 113 Å². The molecule has 16 heteroatoms. The fraction of sp³-hybridized carbons (Fsp3) is 0.143. The first-order valence-electron chi connectivity index (χ1n) is 6.57. The Labute approximate surface area is 219 Å². The maximum Gasteiger partial charge on any atom is 2.00 e. The molecule has 0 aromatic heterocycles. The van der Waals surface area contributed by atoms with Crippen LogP contribution in [0.4, 0.5) is 22.7 Å². The van der Waals surface area contributed by atoms with Crippen molar-refractivity contribution >= 4 is 46.0 Å². The molecule has 0 aliphatic heterocycles. The van der Waals surface area contributed by atoms with E-state index in [2.05, 4.69) is 15.2 Å². The van der Waals surface area contributed by atoms with Crippen molar-refractivity contribution in [2.24, 2.45) is 10.2 Å². The number of ether oxygens (including phenoxy) is 2. The van der Waals surface area contributed by atoms with Crippen LogP contribution in [-0.4, -0.2) is 19.1 Å². The molecule has 0 fully saturated rings. The number of diazo groups is 1. The molecule has 9 nitrogen and oxygen atoms in total. The Balaban J connectivity index is -0.000000676. The van der Waals surface area contributed by atoms with Crippen LogP contribution >= 0.6 is 23.2 Å². The Morgan fingerprint density at radius 3 is 1.87 bits per heavy atom. The third-order valence-corrected chi connectivity index (χ3v) is 3.63. The molecule has 2 aromatic carbocycles. The van der Waals surface area contributed by atoms with E-state index in [0.29, 0.717) is 0 Å². The van der Waals surface area contributed by atoms with Gasteiger partial charge in [0.2, 0.25) is 11.1 Å². The predicted molar refractivity (Wildman–Crippen MR) is 91.6 cm³/mol. The van der Waals surface area contributed by atoms with Crippen LogP contribution in [0, 0.1) is 15.5 Å². The van der Waals surface area contributed by atoms with Gasteiger partial charge >= 0.3 is 25.2 Å². The number of hydrogen-bond donors (Lipinski definition) is 0. The monoisotopic (exact) mass is 586 g/mol. The number of nitro groups is 1. The van der Waals surface area contributed by atoms with E-state index in [0.717, 1.165) is 12.1 Å². The van der Waals surface area contributed by atoms with E-state index in [1.54, 1.807) is 0 Å². The summed E-state index contributed by atoms with van der Waals surface area (Å²) in [7, 11) is 2.79. The Bertz CT molecular complexity index is 905. The van der Waals surface area contributed by atoms with Crippen molar-refractivity contribution in [3.8, 4) is 11.5 Å². The number of halogens is 6. The summed E-state index contributed by atoms with van der Waals surface area (Å²) in [6.07, 6.45) is 0. The largest absolute Gasteiger partial charge is 2.00 e. The Morgan fingerprint density at radius 2 is 1.47 bits per heavy atom. The smallest absolute Gasteiger partial charge is 1.00 e. The predicted octanol–water partition coefficient (Wildman–Crippen LogP) is -6.17. The summed E-state index contributed by atoms with van der Waals surface area (Å²) in [6, 6.07) is 5.07. The van der Waals surface area contributed by atoms with E-state index in [1.807, 2.05) is 0 Å². The van der Waals surface area contributed by atoms with Crippen molar-refractivity contribution in [3.05, 3.63) is 49.4 Å². The van der Waals surface area contributed by atoms with Crippen LogP contribution < -0.4 is 59.1 Å². The van der Waals surface area contributed by atoms with Gasteiger partial charge in [-0.05, 0) is 0 Å². The molecule has 0 heterocycles. The topological polar surface area (TPSA) is 114 Å². The summed E-state index contributed by atoms with van der Waals surface area (Å²) in [5.41, 5.74) is 0.190. The van der Waals surface area contributed by atoms with Crippen LogP contribution in [0.25, 0.3) is 4.98 Å². The fourth-order valence-corrected chi connectivity index (χ4v) is 2.43. The number of benzene rings is 2. The van der Waals surface area contributed by atoms with Gasteiger partial charge in [0.05, 0.1) is 35.3 Å². The molecule has 0 amide bonds. The van der Waals surface area contributed by atoms with Crippen LogP contribution in [0.15, 0.2) is 34.5 Å². The number of hydrogen-bond acceptors (Lipinski definition) is 7. The molecule has 0 spiro atoms. The molecule has 2 aromatic rings. The first-order chi connectivity index (χ1) is 11.9. The Hall–Kier alpha value is -1.18. The molecule has 0 bridgehead atoms. The number of nitro benzene ring substituents is 1. The third-order valence-electron chi connectivity index (χ3n) is 3.06. The molecule has 30 heavy (non-hydrogen) atoms. The second-order valence-corrected chi connectivity index (χ2v) is 5.33. The van der Waals surface area contributed by atoms with Gasteiger partial charge in [0, 0.05) is 18.2 Å². The van der Waals surface area contributed by atoms with Crippen LogP contribution in [-0.2, 0) is 19.5 Å². The number of non-ortho nitro benzene ring substituents is 1. The Morgan fingerprint density at radius 1 is 0.967 bits per heavy atom. The number of azo groups is 1. The first kappa shape index (κ1) is 36.2. The average molecular weight is 590 g/mol. The molecule has 0 N–H and O–H groups in total. The molecule has 2 rings (SSSR count). The van der Waals surface area contributed by atoms with E-state index in [4.69, 9.17) is 38.1 Å². The zero-order chi connectivity index (χ0) is 18.6. The molecule has 0 atom stereocenters. The third kappa shape index (κ3) is 8.52. The number of nitrogens with zero attached hydrogens (tertiary/aromatic N) is 5. The van der Waals surface area contributed by atoms with Crippen LogP contribution in [0.3, 0.4) is 0 Å². The maximum atomic E-state index is 10.8. The van der Waals surface area contributed by atoms with Crippen LogP contribution in [0.5, 0.6) is 11.5 Å². The van der Waals surface area contributed by atoms with E-state index >= 15 is 0 Å². The van der Waals surface area contributed by atoms with Crippen molar-refractivity contribution in [2.45, 2.75) is 0 Å². The summed E-state index contributed by atoms with van der Waals surface area (Å²) in [5, 5.41) is 27.6. The molecular formula is C14H10Cl6N5O4Zn-. The van der Waals surface area contributed by atoms with Gasteiger partial charge in [-0.3, -0.25) is 10.1 Å². The molecule has 0 aliphatic carbocycles. The van der Waals surface area contributed by atoms with Crippen LogP contribution in [0.2, 0.25) is 10.0 Å². The van der Waals surface area contributed by atoms with Gasteiger partial charge in [0.15, 0.2) is 10.7 Å². The van der Waals surface area contributed by atoms with E-state index in [1.165, 1.54) is 26.4 Å². The van der Waals surface area contributed by atoms with Crippen molar-refractivity contribution in [2.75, 3.05) is 14.2 Å².